The van der Waals surface area contributed by atoms with Gasteiger partial charge in [-0.05, 0) is 32.1 Å². The molecule has 0 amide bonds. The molecular weight excluding hydrogens is 248 g/mol. The molecule has 0 saturated heterocycles. The van der Waals surface area contributed by atoms with Crippen LogP contribution in [0.15, 0.2) is 0 Å². The van der Waals surface area contributed by atoms with Crippen LogP contribution in [-0.2, 0) is 4.74 Å². The molecule has 0 aliphatic heterocycles. The summed E-state index contributed by atoms with van der Waals surface area (Å²) in [6, 6.07) is 1.89. The molecule has 3 heteroatoms. The Balaban J connectivity index is 1.91. The van der Waals surface area contributed by atoms with Crippen molar-refractivity contribution in [3.8, 4) is 0 Å². The summed E-state index contributed by atoms with van der Waals surface area (Å²) in [5.41, 5.74) is 6.35. The van der Waals surface area contributed by atoms with E-state index >= 15 is 0 Å². The lowest BCUT2D eigenvalue weighted by atomic mass is 9.88. The molecule has 0 aromatic rings. The summed E-state index contributed by atoms with van der Waals surface area (Å²) >= 11 is 0. The van der Waals surface area contributed by atoms with Crippen molar-refractivity contribution in [2.24, 2.45) is 5.73 Å². The number of methoxy groups -OCH3 is 1. The maximum atomic E-state index is 6.35. The highest BCUT2D eigenvalue weighted by Crippen LogP contribution is 2.30. The Morgan fingerprint density at radius 1 is 0.950 bits per heavy atom. The molecule has 118 valence electrons. The zero-order valence-electron chi connectivity index (χ0n) is 13.4. The minimum absolute atomic E-state index is 0.277. The molecule has 2 fully saturated rings. The number of nitrogens with zero attached hydrogens (tertiary/aromatic N) is 1. The first kappa shape index (κ1) is 16.3. The van der Waals surface area contributed by atoms with Gasteiger partial charge in [-0.2, -0.15) is 0 Å². The van der Waals surface area contributed by atoms with Crippen LogP contribution >= 0.6 is 0 Å². The van der Waals surface area contributed by atoms with Crippen LogP contribution in [0.5, 0.6) is 0 Å². The fourth-order valence-electron chi connectivity index (χ4n) is 4.05. The molecule has 0 heterocycles. The Hall–Kier alpha value is -0.120. The van der Waals surface area contributed by atoms with Gasteiger partial charge >= 0.3 is 0 Å². The summed E-state index contributed by atoms with van der Waals surface area (Å²) in [5.74, 6) is 0. The van der Waals surface area contributed by atoms with Crippen molar-refractivity contribution < 1.29 is 4.74 Å². The third kappa shape index (κ3) is 5.01. The molecule has 2 saturated carbocycles. The Morgan fingerprint density at radius 3 is 1.90 bits per heavy atom. The van der Waals surface area contributed by atoms with E-state index in [0.717, 1.165) is 31.7 Å². The molecule has 2 N–H and O–H groups in total. The quantitative estimate of drug-likeness (QED) is 0.778. The van der Waals surface area contributed by atoms with Gasteiger partial charge in [0.25, 0.3) is 0 Å². The Bertz CT molecular complexity index is 229. The van der Waals surface area contributed by atoms with Crippen molar-refractivity contribution in [2.45, 2.75) is 88.8 Å². The molecule has 3 nitrogen and oxygen atoms in total. The summed E-state index contributed by atoms with van der Waals surface area (Å²) in [4.78, 5) is 2.80. The largest absolute Gasteiger partial charge is 0.385 e. The molecule has 0 aromatic heterocycles. The number of ether oxygens (including phenoxy) is 1. The fourth-order valence-corrected chi connectivity index (χ4v) is 4.05. The van der Waals surface area contributed by atoms with Gasteiger partial charge in [0.05, 0.1) is 0 Å². The minimum Gasteiger partial charge on any atom is -0.385 e. The van der Waals surface area contributed by atoms with E-state index in [1.807, 2.05) is 0 Å². The van der Waals surface area contributed by atoms with Crippen molar-refractivity contribution in [3.05, 3.63) is 0 Å². The molecule has 0 bridgehead atoms. The molecule has 2 rings (SSSR count). The fraction of sp³-hybridized carbons (Fsp3) is 1.00. The van der Waals surface area contributed by atoms with Gasteiger partial charge in [0.1, 0.15) is 0 Å². The Morgan fingerprint density at radius 2 is 1.45 bits per heavy atom. The lowest BCUT2D eigenvalue weighted by molar-refractivity contribution is 0.0696. The second kappa shape index (κ2) is 9.01. The molecular formula is C17H34N2O. The Labute approximate surface area is 125 Å². The number of hydrogen-bond donors (Lipinski definition) is 1. The van der Waals surface area contributed by atoms with Crippen LogP contribution in [0.1, 0.15) is 70.6 Å². The standard InChI is InChI=1S/C17H34N2O/c1-20-13-12-15(18)14-19(16-8-4-2-5-9-16)17-10-6-3-7-11-17/h15-17H,2-14,18H2,1H3. The molecule has 0 aromatic carbocycles. The molecule has 2 aliphatic carbocycles. The number of rotatable bonds is 7. The van der Waals surface area contributed by atoms with Crippen LogP contribution in [0, 0.1) is 0 Å². The summed E-state index contributed by atoms with van der Waals surface area (Å²) in [6.45, 7) is 1.88. The molecule has 2 aliphatic rings. The van der Waals surface area contributed by atoms with E-state index in [-0.39, 0.29) is 6.04 Å². The highest BCUT2D eigenvalue weighted by Gasteiger charge is 2.29. The van der Waals surface area contributed by atoms with Crippen LogP contribution in [-0.4, -0.2) is 43.3 Å². The number of hydrogen-bond acceptors (Lipinski definition) is 3. The molecule has 0 radical (unpaired) electrons. The topological polar surface area (TPSA) is 38.5 Å². The van der Waals surface area contributed by atoms with Crippen molar-refractivity contribution in [1.82, 2.24) is 4.90 Å². The second-order valence-electron chi connectivity index (χ2n) is 6.82. The van der Waals surface area contributed by atoms with E-state index in [2.05, 4.69) is 4.90 Å². The first-order valence-corrected chi connectivity index (χ1v) is 8.81. The predicted octanol–water partition coefficient (Wildman–Crippen LogP) is 3.32. The third-order valence-corrected chi connectivity index (χ3v) is 5.23. The average molecular weight is 282 g/mol. The van der Waals surface area contributed by atoms with Gasteiger partial charge in [-0.3, -0.25) is 4.90 Å². The monoisotopic (exact) mass is 282 g/mol. The zero-order valence-corrected chi connectivity index (χ0v) is 13.4. The van der Waals surface area contributed by atoms with Crippen molar-refractivity contribution in [1.29, 1.82) is 0 Å². The summed E-state index contributed by atoms with van der Waals surface area (Å²) in [7, 11) is 1.77. The first-order chi connectivity index (χ1) is 9.81. The van der Waals surface area contributed by atoms with Gasteiger partial charge in [0.15, 0.2) is 0 Å². The minimum atomic E-state index is 0.277. The van der Waals surface area contributed by atoms with Crippen LogP contribution in [0.2, 0.25) is 0 Å². The van der Waals surface area contributed by atoms with E-state index in [1.54, 1.807) is 7.11 Å². The normalized spacial score (nSPS) is 24.1. The van der Waals surface area contributed by atoms with Gasteiger partial charge in [0.2, 0.25) is 0 Å². The van der Waals surface area contributed by atoms with Crippen molar-refractivity contribution in [3.63, 3.8) is 0 Å². The lowest BCUT2D eigenvalue weighted by Crippen LogP contribution is -2.50. The lowest BCUT2D eigenvalue weighted by Gasteiger charge is -2.43. The molecule has 1 unspecified atom stereocenters. The van der Waals surface area contributed by atoms with Gasteiger partial charge in [-0.25, -0.2) is 0 Å². The van der Waals surface area contributed by atoms with Crippen LogP contribution in [0.25, 0.3) is 0 Å². The smallest absolute Gasteiger partial charge is 0.0477 e. The van der Waals surface area contributed by atoms with Crippen molar-refractivity contribution in [2.75, 3.05) is 20.3 Å². The van der Waals surface area contributed by atoms with Crippen LogP contribution < -0.4 is 5.73 Å². The van der Waals surface area contributed by atoms with Crippen molar-refractivity contribution >= 4 is 0 Å². The van der Waals surface area contributed by atoms with E-state index in [9.17, 15) is 0 Å². The Kier molecular flexibility index (Phi) is 7.32. The zero-order chi connectivity index (χ0) is 14.2. The third-order valence-electron chi connectivity index (χ3n) is 5.23. The summed E-state index contributed by atoms with van der Waals surface area (Å²) in [5, 5.41) is 0. The van der Waals surface area contributed by atoms with Gasteiger partial charge in [-0.15, -0.1) is 0 Å². The predicted molar refractivity (Wildman–Crippen MR) is 84.9 cm³/mol. The second-order valence-corrected chi connectivity index (χ2v) is 6.82. The SMILES string of the molecule is COCCC(N)CN(C1CCCCC1)C1CCCCC1. The van der Waals surface area contributed by atoms with E-state index in [4.69, 9.17) is 10.5 Å². The maximum Gasteiger partial charge on any atom is 0.0477 e. The average Bonchev–Trinajstić information content (AvgIpc) is 2.52. The van der Waals surface area contributed by atoms with E-state index in [1.165, 1.54) is 64.2 Å². The maximum absolute atomic E-state index is 6.35. The highest BCUT2D eigenvalue weighted by molar-refractivity contribution is 4.86. The van der Waals surface area contributed by atoms with Crippen LogP contribution in [0.3, 0.4) is 0 Å². The van der Waals surface area contributed by atoms with E-state index in [0.29, 0.717) is 0 Å². The highest BCUT2D eigenvalue weighted by atomic mass is 16.5. The van der Waals surface area contributed by atoms with Crippen LogP contribution in [0.4, 0.5) is 0 Å². The van der Waals surface area contributed by atoms with E-state index < -0.39 is 0 Å². The molecule has 0 spiro atoms. The first-order valence-electron chi connectivity index (χ1n) is 8.81. The van der Waals surface area contributed by atoms with Gasteiger partial charge < -0.3 is 10.5 Å². The summed E-state index contributed by atoms with van der Waals surface area (Å²) < 4.78 is 5.19. The number of nitrogens with two attached hydrogens (primary N) is 1. The van der Waals surface area contributed by atoms with Gasteiger partial charge in [-0.1, -0.05) is 38.5 Å². The van der Waals surface area contributed by atoms with Gasteiger partial charge in [0, 0.05) is 38.4 Å². The summed E-state index contributed by atoms with van der Waals surface area (Å²) in [6.07, 6.45) is 15.1. The molecule has 20 heavy (non-hydrogen) atoms. The molecule has 1 atom stereocenters.